The average molecular weight is 349 g/mol. The molecule has 1 aromatic heterocycles. The lowest BCUT2D eigenvalue weighted by Gasteiger charge is -2.36. The maximum atomic E-state index is 13.8. The summed E-state index contributed by atoms with van der Waals surface area (Å²) in [6, 6.07) is 10.5. The molecule has 2 heterocycles. The van der Waals surface area contributed by atoms with Crippen LogP contribution in [0.5, 0.6) is 0 Å². The Morgan fingerprint density at radius 2 is 1.71 bits per heavy atom. The SMILES string of the molecule is O=S(=O)(c1c(F)cccc1F)N1CC(c2nc3ccccc3[nH]2)C1. The number of fused-ring (bicyclic) bond motifs is 1. The van der Waals surface area contributed by atoms with E-state index in [0.717, 1.165) is 33.5 Å². The second-order valence-corrected chi connectivity index (χ2v) is 7.58. The van der Waals surface area contributed by atoms with E-state index >= 15 is 0 Å². The van der Waals surface area contributed by atoms with Crippen LogP contribution < -0.4 is 0 Å². The quantitative estimate of drug-likeness (QED) is 0.790. The Morgan fingerprint density at radius 1 is 1.04 bits per heavy atom. The molecule has 1 aliphatic heterocycles. The minimum absolute atomic E-state index is 0.123. The summed E-state index contributed by atoms with van der Waals surface area (Å²) in [5.74, 6) is -1.61. The summed E-state index contributed by atoms with van der Waals surface area (Å²) in [6.07, 6.45) is 0. The number of hydrogen-bond donors (Lipinski definition) is 1. The summed E-state index contributed by atoms with van der Waals surface area (Å²) < 4.78 is 53.4. The molecule has 0 amide bonds. The van der Waals surface area contributed by atoms with E-state index < -0.39 is 26.6 Å². The topological polar surface area (TPSA) is 66.1 Å². The lowest BCUT2D eigenvalue weighted by atomic mass is 10.0. The first-order chi connectivity index (χ1) is 11.5. The van der Waals surface area contributed by atoms with Crippen molar-refractivity contribution < 1.29 is 17.2 Å². The second-order valence-electron chi connectivity index (χ2n) is 5.71. The number of H-pyrrole nitrogens is 1. The third-order valence-electron chi connectivity index (χ3n) is 4.16. The molecular weight excluding hydrogens is 336 g/mol. The third kappa shape index (κ3) is 2.30. The zero-order valence-corrected chi connectivity index (χ0v) is 13.2. The first-order valence-electron chi connectivity index (χ1n) is 7.35. The van der Waals surface area contributed by atoms with Crippen LogP contribution in [0.2, 0.25) is 0 Å². The Balaban J connectivity index is 1.58. The summed E-state index contributed by atoms with van der Waals surface area (Å²) in [4.78, 5) is 6.69. The van der Waals surface area contributed by atoms with Gasteiger partial charge < -0.3 is 4.98 Å². The predicted octanol–water partition coefficient (Wildman–Crippen LogP) is 2.63. The third-order valence-corrected chi connectivity index (χ3v) is 6.04. The number of aromatic nitrogens is 2. The largest absolute Gasteiger partial charge is 0.342 e. The highest BCUT2D eigenvalue weighted by Gasteiger charge is 2.41. The van der Waals surface area contributed by atoms with Crippen molar-refractivity contribution in [2.75, 3.05) is 13.1 Å². The number of nitrogens with one attached hydrogen (secondary N) is 1. The van der Waals surface area contributed by atoms with Gasteiger partial charge in [0.05, 0.1) is 11.0 Å². The molecule has 1 fully saturated rings. The summed E-state index contributed by atoms with van der Waals surface area (Å²) in [7, 11) is -4.19. The molecule has 0 unspecified atom stereocenters. The van der Waals surface area contributed by atoms with Gasteiger partial charge in [-0.15, -0.1) is 0 Å². The van der Waals surface area contributed by atoms with Gasteiger partial charge in [-0.05, 0) is 24.3 Å². The van der Waals surface area contributed by atoms with Crippen molar-refractivity contribution in [2.24, 2.45) is 0 Å². The van der Waals surface area contributed by atoms with Crippen LogP contribution in [0.4, 0.5) is 8.78 Å². The van der Waals surface area contributed by atoms with Gasteiger partial charge in [-0.25, -0.2) is 22.2 Å². The molecule has 0 radical (unpaired) electrons. The van der Waals surface area contributed by atoms with Crippen LogP contribution in [0.15, 0.2) is 47.4 Å². The molecule has 0 saturated carbocycles. The van der Waals surface area contributed by atoms with Gasteiger partial charge in [0.1, 0.15) is 17.5 Å². The smallest absolute Gasteiger partial charge is 0.248 e. The van der Waals surface area contributed by atoms with E-state index in [0.29, 0.717) is 5.82 Å². The van der Waals surface area contributed by atoms with E-state index in [9.17, 15) is 17.2 Å². The molecule has 8 heteroatoms. The van der Waals surface area contributed by atoms with E-state index in [2.05, 4.69) is 9.97 Å². The molecule has 1 saturated heterocycles. The van der Waals surface area contributed by atoms with Crippen LogP contribution in [0.1, 0.15) is 11.7 Å². The molecule has 0 bridgehead atoms. The highest BCUT2D eigenvalue weighted by Crippen LogP contribution is 2.33. The van der Waals surface area contributed by atoms with Gasteiger partial charge in [-0.3, -0.25) is 0 Å². The number of hydrogen-bond acceptors (Lipinski definition) is 3. The summed E-state index contributed by atoms with van der Waals surface area (Å²) in [6.45, 7) is 0.270. The minimum atomic E-state index is -4.19. The molecule has 5 nitrogen and oxygen atoms in total. The number of nitrogens with zero attached hydrogens (tertiary/aromatic N) is 2. The van der Waals surface area contributed by atoms with Gasteiger partial charge in [0.15, 0.2) is 4.90 Å². The highest BCUT2D eigenvalue weighted by atomic mass is 32.2. The fraction of sp³-hybridized carbons (Fsp3) is 0.188. The monoisotopic (exact) mass is 349 g/mol. The number of imidazole rings is 1. The molecule has 2 aromatic carbocycles. The molecule has 3 aromatic rings. The normalized spacial score (nSPS) is 16.4. The van der Waals surface area contributed by atoms with Gasteiger partial charge in [-0.1, -0.05) is 18.2 Å². The van der Waals surface area contributed by atoms with Gasteiger partial charge in [0, 0.05) is 19.0 Å². The van der Waals surface area contributed by atoms with E-state index in [1.807, 2.05) is 24.3 Å². The summed E-state index contributed by atoms with van der Waals surface area (Å²) >= 11 is 0. The van der Waals surface area contributed by atoms with E-state index in [-0.39, 0.29) is 19.0 Å². The van der Waals surface area contributed by atoms with E-state index in [1.54, 1.807) is 0 Å². The fourth-order valence-corrected chi connectivity index (χ4v) is 4.47. The summed E-state index contributed by atoms with van der Waals surface area (Å²) in [5, 5.41) is 0. The first-order valence-corrected chi connectivity index (χ1v) is 8.79. The maximum absolute atomic E-state index is 13.8. The molecule has 4 rings (SSSR count). The van der Waals surface area contributed by atoms with Gasteiger partial charge in [-0.2, -0.15) is 4.31 Å². The Labute approximate surface area is 137 Å². The van der Waals surface area contributed by atoms with E-state index in [4.69, 9.17) is 0 Å². The van der Waals surface area contributed by atoms with Crippen molar-refractivity contribution >= 4 is 21.1 Å². The first kappa shape index (κ1) is 15.2. The standard InChI is InChI=1S/C16H13F2N3O2S/c17-11-4-3-5-12(18)15(11)24(22,23)21-8-10(9-21)16-19-13-6-1-2-7-14(13)20-16/h1-7,10H,8-9H2,(H,19,20). The zero-order valence-electron chi connectivity index (χ0n) is 12.4. The van der Waals surface area contributed by atoms with Crippen molar-refractivity contribution in [1.82, 2.24) is 14.3 Å². The predicted molar refractivity (Wildman–Crippen MR) is 84.0 cm³/mol. The van der Waals surface area contributed by atoms with Crippen LogP contribution in [0.3, 0.4) is 0 Å². The number of sulfonamides is 1. The van der Waals surface area contributed by atoms with Crippen LogP contribution in [-0.2, 0) is 10.0 Å². The number of rotatable bonds is 3. The number of halogens is 2. The minimum Gasteiger partial charge on any atom is -0.342 e. The number of para-hydroxylation sites is 2. The Morgan fingerprint density at radius 3 is 2.38 bits per heavy atom. The summed E-state index contributed by atoms with van der Waals surface area (Å²) in [5.41, 5.74) is 1.67. The van der Waals surface area contributed by atoms with Gasteiger partial charge in [0.25, 0.3) is 0 Å². The Kier molecular flexibility index (Phi) is 3.40. The lowest BCUT2D eigenvalue weighted by Crippen LogP contribution is -2.49. The van der Waals surface area contributed by atoms with E-state index in [1.165, 1.54) is 0 Å². The maximum Gasteiger partial charge on any atom is 0.248 e. The molecular formula is C16H13F2N3O2S. The van der Waals surface area contributed by atoms with Crippen molar-refractivity contribution in [1.29, 1.82) is 0 Å². The lowest BCUT2D eigenvalue weighted by molar-refractivity contribution is 0.255. The molecule has 124 valence electrons. The molecule has 0 atom stereocenters. The highest BCUT2D eigenvalue weighted by molar-refractivity contribution is 7.89. The molecule has 0 spiro atoms. The van der Waals surface area contributed by atoms with Crippen molar-refractivity contribution in [3.05, 3.63) is 59.9 Å². The fourth-order valence-electron chi connectivity index (χ4n) is 2.83. The Hall–Kier alpha value is -2.32. The molecule has 24 heavy (non-hydrogen) atoms. The van der Waals surface area contributed by atoms with Crippen LogP contribution >= 0.6 is 0 Å². The molecule has 1 aliphatic rings. The molecule has 0 aliphatic carbocycles. The number of aromatic amines is 1. The van der Waals surface area contributed by atoms with Gasteiger partial charge in [0.2, 0.25) is 10.0 Å². The Bertz CT molecular complexity index is 973. The van der Waals surface area contributed by atoms with Crippen LogP contribution in [0, 0.1) is 11.6 Å². The van der Waals surface area contributed by atoms with Crippen LogP contribution in [-0.4, -0.2) is 35.8 Å². The average Bonchev–Trinajstić information content (AvgIpc) is 2.88. The van der Waals surface area contributed by atoms with Crippen molar-refractivity contribution in [3.63, 3.8) is 0 Å². The second kappa shape index (κ2) is 5.35. The zero-order chi connectivity index (χ0) is 16.9. The van der Waals surface area contributed by atoms with Crippen LogP contribution in [0.25, 0.3) is 11.0 Å². The molecule has 1 N–H and O–H groups in total. The van der Waals surface area contributed by atoms with Gasteiger partial charge >= 0.3 is 0 Å². The van der Waals surface area contributed by atoms with Crippen molar-refractivity contribution in [2.45, 2.75) is 10.8 Å². The van der Waals surface area contributed by atoms with Crippen molar-refractivity contribution in [3.8, 4) is 0 Å². The number of benzene rings is 2.